The Bertz CT molecular complexity index is 1630. The minimum absolute atomic E-state index is 0.168. The van der Waals surface area contributed by atoms with Crippen LogP contribution in [0.3, 0.4) is 0 Å². The standard InChI is InChI=1S/C42H45O2P/c1-3-5-17-26-42(4-2,45-40-25-16-15-24-37(40)31-43)39-30-36(27-33-18-9-6-10-19-33)29-38(28-34-20-11-7-12-21-34)41(39)44-32-35-22-13-8-14-23-35/h6-16,18-25,29-31,45H,3-5,17,26-28,32H2,1-2H3. The molecular formula is C42H45O2P. The lowest BCUT2D eigenvalue weighted by atomic mass is 9.84. The summed E-state index contributed by atoms with van der Waals surface area (Å²) >= 11 is 0. The summed E-state index contributed by atoms with van der Waals surface area (Å²) in [5.74, 6) is 1.01. The first-order valence-electron chi connectivity index (χ1n) is 16.4. The van der Waals surface area contributed by atoms with E-state index in [1.54, 1.807) is 0 Å². The second-order valence-corrected chi connectivity index (χ2v) is 13.7. The van der Waals surface area contributed by atoms with Gasteiger partial charge in [0.1, 0.15) is 12.4 Å². The lowest BCUT2D eigenvalue weighted by Crippen LogP contribution is -2.26. The van der Waals surface area contributed by atoms with E-state index in [0.717, 1.165) is 60.6 Å². The van der Waals surface area contributed by atoms with Gasteiger partial charge >= 0.3 is 0 Å². The van der Waals surface area contributed by atoms with Gasteiger partial charge in [0.15, 0.2) is 6.29 Å². The molecule has 3 heteroatoms. The van der Waals surface area contributed by atoms with Crippen LogP contribution in [0.2, 0.25) is 0 Å². The van der Waals surface area contributed by atoms with Crippen molar-refractivity contribution in [3.63, 3.8) is 0 Å². The number of unbranched alkanes of at least 4 members (excludes halogenated alkanes) is 2. The van der Waals surface area contributed by atoms with Crippen LogP contribution in [0.1, 0.15) is 89.7 Å². The highest BCUT2D eigenvalue weighted by atomic mass is 31.1. The van der Waals surface area contributed by atoms with Gasteiger partial charge in [-0.2, -0.15) is 0 Å². The lowest BCUT2D eigenvalue weighted by molar-refractivity contribution is 0.112. The minimum Gasteiger partial charge on any atom is -0.488 e. The Morgan fingerprint density at radius 3 is 1.89 bits per heavy atom. The van der Waals surface area contributed by atoms with Crippen LogP contribution >= 0.6 is 8.58 Å². The summed E-state index contributed by atoms with van der Waals surface area (Å²) in [6, 6.07) is 44.9. The third-order valence-corrected chi connectivity index (χ3v) is 10.8. The Morgan fingerprint density at radius 2 is 1.27 bits per heavy atom. The predicted molar refractivity (Wildman–Crippen MR) is 192 cm³/mol. The van der Waals surface area contributed by atoms with Crippen molar-refractivity contribution >= 4 is 20.2 Å². The third kappa shape index (κ3) is 8.59. The second kappa shape index (κ2) is 16.4. The quantitative estimate of drug-likeness (QED) is 0.0630. The summed E-state index contributed by atoms with van der Waals surface area (Å²) < 4.78 is 6.98. The number of aldehydes is 1. The number of benzene rings is 5. The SMILES string of the molecule is CCCCCC(CC)(Pc1ccccc1C=O)c1cc(Cc2ccccc2)cc(Cc2ccccc2)c1OCc1ccccc1. The average Bonchev–Trinajstić information content (AvgIpc) is 3.09. The summed E-state index contributed by atoms with van der Waals surface area (Å²) in [6.45, 7) is 5.10. The zero-order valence-corrected chi connectivity index (χ0v) is 27.7. The van der Waals surface area contributed by atoms with E-state index >= 15 is 0 Å². The van der Waals surface area contributed by atoms with Crippen LogP contribution in [0.4, 0.5) is 0 Å². The Hall–Kier alpha value is -4.00. The van der Waals surface area contributed by atoms with Crippen LogP contribution in [-0.2, 0) is 24.6 Å². The molecule has 0 spiro atoms. The molecule has 0 N–H and O–H groups in total. The molecule has 230 valence electrons. The topological polar surface area (TPSA) is 26.3 Å². The molecule has 2 unspecified atom stereocenters. The van der Waals surface area contributed by atoms with Crippen molar-refractivity contribution in [2.24, 2.45) is 0 Å². The van der Waals surface area contributed by atoms with Gasteiger partial charge in [-0.15, -0.1) is 0 Å². The van der Waals surface area contributed by atoms with Crippen LogP contribution in [0.25, 0.3) is 0 Å². The summed E-state index contributed by atoms with van der Waals surface area (Å²) in [6.07, 6.45) is 8.17. The number of rotatable bonds is 16. The van der Waals surface area contributed by atoms with Crippen LogP contribution in [0.15, 0.2) is 127 Å². The maximum absolute atomic E-state index is 12.2. The molecule has 0 aliphatic carbocycles. The summed E-state index contributed by atoms with van der Waals surface area (Å²) in [5, 5.41) is 0.969. The van der Waals surface area contributed by atoms with E-state index in [2.05, 4.69) is 129 Å². The Labute approximate surface area is 271 Å². The van der Waals surface area contributed by atoms with Gasteiger partial charge in [-0.1, -0.05) is 169 Å². The zero-order valence-electron chi connectivity index (χ0n) is 26.7. The van der Waals surface area contributed by atoms with Gasteiger partial charge in [-0.25, -0.2) is 0 Å². The van der Waals surface area contributed by atoms with E-state index in [-0.39, 0.29) is 5.16 Å². The molecule has 0 radical (unpaired) electrons. The number of carbonyl (C=O) groups is 1. The first-order chi connectivity index (χ1) is 22.1. The van der Waals surface area contributed by atoms with E-state index in [4.69, 9.17) is 4.74 Å². The first kappa shape index (κ1) is 32.4. The molecule has 0 fully saturated rings. The van der Waals surface area contributed by atoms with Crippen molar-refractivity contribution in [3.8, 4) is 5.75 Å². The molecule has 0 aliphatic heterocycles. The minimum atomic E-state index is -0.168. The van der Waals surface area contributed by atoms with E-state index in [1.807, 2.05) is 12.1 Å². The van der Waals surface area contributed by atoms with Crippen molar-refractivity contribution in [3.05, 3.63) is 166 Å². The Morgan fingerprint density at radius 1 is 0.667 bits per heavy atom. The molecule has 45 heavy (non-hydrogen) atoms. The third-order valence-electron chi connectivity index (χ3n) is 8.73. The number of carbonyl (C=O) groups excluding carboxylic acids is 1. The molecule has 0 saturated heterocycles. The highest BCUT2D eigenvalue weighted by Gasteiger charge is 2.35. The first-order valence-corrected chi connectivity index (χ1v) is 17.4. The van der Waals surface area contributed by atoms with E-state index in [9.17, 15) is 4.79 Å². The van der Waals surface area contributed by atoms with Crippen LogP contribution < -0.4 is 10.0 Å². The molecule has 2 nitrogen and oxygen atoms in total. The van der Waals surface area contributed by atoms with Gasteiger partial charge in [-0.05, 0) is 52.4 Å². The summed E-state index contributed by atoms with van der Waals surface area (Å²) in [5.41, 5.74) is 8.33. The van der Waals surface area contributed by atoms with Crippen molar-refractivity contribution in [1.82, 2.24) is 0 Å². The molecule has 5 rings (SSSR count). The Balaban J connectivity index is 1.71. The van der Waals surface area contributed by atoms with E-state index in [1.165, 1.54) is 40.7 Å². The van der Waals surface area contributed by atoms with Gasteiger partial charge in [0.05, 0.1) is 0 Å². The normalized spacial score (nSPS) is 12.7. The second-order valence-electron chi connectivity index (χ2n) is 12.0. The van der Waals surface area contributed by atoms with Gasteiger partial charge < -0.3 is 4.74 Å². The van der Waals surface area contributed by atoms with Gasteiger partial charge in [-0.3, -0.25) is 4.79 Å². The van der Waals surface area contributed by atoms with Crippen molar-refractivity contribution in [1.29, 1.82) is 0 Å². The van der Waals surface area contributed by atoms with Crippen LogP contribution in [0.5, 0.6) is 5.75 Å². The molecular weight excluding hydrogens is 567 g/mol. The fourth-order valence-corrected chi connectivity index (χ4v) is 8.04. The molecule has 0 aliphatic rings. The van der Waals surface area contributed by atoms with Gasteiger partial charge in [0, 0.05) is 22.7 Å². The molecule has 5 aromatic rings. The van der Waals surface area contributed by atoms with Crippen molar-refractivity contribution < 1.29 is 9.53 Å². The summed E-state index contributed by atoms with van der Waals surface area (Å²) in [7, 11) is 0.445. The predicted octanol–water partition coefficient (Wildman–Crippen LogP) is 10.4. The van der Waals surface area contributed by atoms with E-state index in [0.29, 0.717) is 15.2 Å². The smallest absolute Gasteiger partial charge is 0.150 e. The molecule has 0 amide bonds. The highest BCUT2D eigenvalue weighted by molar-refractivity contribution is 7.48. The zero-order chi connectivity index (χ0) is 31.3. The molecule has 2 atom stereocenters. The average molecular weight is 613 g/mol. The van der Waals surface area contributed by atoms with Crippen molar-refractivity contribution in [2.45, 2.75) is 70.6 Å². The summed E-state index contributed by atoms with van der Waals surface area (Å²) in [4.78, 5) is 12.2. The van der Waals surface area contributed by atoms with Crippen molar-refractivity contribution in [2.75, 3.05) is 0 Å². The van der Waals surface area contributed by atoms with Gasteiger partial charge in [0.2, 0.25) is 0 Å². The number of ether oxygens (including phenoxy) is 1. The molecule has 0 heterocycles. The lowest BCUT2D eigenvalue weighted by Gasteiger charge is -2.37. The molecule has 0 aromatic heterocycles. The monoisotopic (exact) mass is 612 g/mol. The van der Waals surface area contributed by atoms with Crippen LogP contribution in [-0.4, -0.2) is 6.29 Å². The maximum atomic E-state index is 12.2. The largest absolute Gasteiger partial charge is 0.488 e. The Kier molecular flexibility index (Phi) is 11.8. The molecule has 0 saturated carbocycles. The fourth-order valence-electron chi connectivity index (χ4n) is 6.26. The fraction of sp³-hybridized carbons (Fsp3) is 0.262. The number of hydrogen-bond donors (Lipinski definition) is 0. The van der Waals surface area contributed by atoms with Crippen LogP contribution in [0, 0.1) is 0 Å². The molecule has 0 bridgehead atoms. The highest BCUT2D eigenvalue weighted by Crippen LogP contribution is 2.53. The van der Waals surface area contributed by atoms with E-state index < -0.39 is 0 Å². The van der Waals surface area contributed by atoms with Gasteiger partial charge in [0.25, 0.3) is 0 Å². The number of hydrogen-bond acceptors (Lipinski definition) is 2. The maximum Gasteiger partial charge on any atom is 0.150 e. The molecule has 5 aromatic carbocycles.